The zero-order valence-electron chi connectivity index (χ0n) is 11.3. The van der Waals surface area contributed by atoms with Gasteiger partial charge in [0.15, 0.2) is 12.4 Å². The molecule has 2 aromatic carbocycles. The second kappa shape index (κ2) is 5.11. The van der Waals surface area contributed by atoms with E-state index in [0.717, 1.165) is 21.8 Å². The normalized spacial score (nSPS) is 10.9. The van der Waals surface area contributed by atoms with Crippen LogP contribution >= 0.6 is 11.3 Å². The van der Waals surface area contributed by atoms with Gasteiger partial charge < -0.3 is 0 Å². The Morgan fingerprint density at radius 3 is 2.24 bits per heavy atom. The van der Waals surface area contributed by atoms with Crippen molar-refractivity contribution < 1.29 is 4.57 Å². The van der Waals surface area contributed by atoms with Crippen LogP contribution in [0.2, 0.25) is 0 Å². The van der Waals surface area contributed by atoms with Crippen molar-refractivity contribution in [2.24, 2.45) is 0 Å². The molecule has 0 fully saturated rings. The van der Waals surface area contributed by atoms with Crippen LogP contribution < -0.4 is 4.57 Å². The third-order valence-corrected chi connectivity index (χ3v) is 4.51. The number of pyridine rings is 1. The number of fused-ring (bicyclic) bond motifs is 1. The van der Waals surface area contributed by atoms with Gasteiger partial charge in [-0.1, -0.05) is 30.3 Å². The van der Waals surface area contributed by atoms with Gasteiger partial charge in [-0.25, -0.2) is 4.98 Å². The van der Waals surface area contributed by atoms with Crippen LogP contribution in [0.15, 0.2) is 79.1 Å². The summed E-state index contributed by atoms with van der Waals surface area (Å²) >= 11 is 1.73. The van der Waals surface area contributed by atoms with Gasteiger partial charge in [0, 0.05) is 29.8 Å². The maximum absolute atomic E-state index is 4.69. The first-order valence-electron chi connectivity index (χ1n) is 6.83. The Balaban J connectivity index is 1.73. The number of thiazole rings is 1. The van der Waals surface area contributed by atoms with E-state index in [1.807, 2.05) is 24.3 Å². The summed E-state index contributed by atoms with van der Waals surface area (Å²) in [6.07, 6.45) is 4.16. The van der Waals surface area contributed by atoms with E-state index < -0.39 is 0 Å². The molecule has 0 amide bonds. The molecule has 0 unspecified atom stereocenters. The number of rotatable bonds is 2. The number of para-hydroxylation sites is 2. The number of hydrogen-bond acceptors (Lipinski definition) is 2. The fraction of sp³-hybridized carbons (Fsp3) is 0. The van der Waals surface area contributed by atoms with Crippen LogP contribution in [0.3, 0.4) is 0 Å². The smallest absolute Gasteiger partial charge is 0.210 e. The van der Waals surface area contributed by atoms with Crippen molar-refractivity contribution in [2.75, 3.05) is 0 Å². The topological polar surface area (TPSA) is 16.8 Å². The Morgan fingerprint density at radius 2 is 1.48 bits per heavy atom. The van der Waals surface area contributed by atoms with E-state index in [2.05, 4.69) is 59.4 Å². The third kappa shape index (κ3) is 2.32. The maximum Gasteiger partial charge on any atom is 0.210 e. The largest absolute Gasteiger partial charge is 0.236 e. The first-order valence-corrected chi connectivity index (χ1v) is 7.64. The van der Waals surface area contributed by atoms with Gasteiger partial charge in [-0.05, 0) is 12.1 Å². The van der Waals surface area contributed by atoms with Crippen molar-refractivity contribution in [3.63, 3.8) is 0 Å². The van der Waals surface area contributed by atoms with E-state index in [4.69, 9.17) is 4.98 Å². The molecule has 0 aliphatic rings. The highest BCUT2D eigenvalue weighted by Gasteiger charge is 2.09. The standard InChI is InChI=1S/C18H13N2S/c1-2-6-15(7-3-1)20-12-10-14(11-13-20)18-19-16-8-4-5-9-17(16)21-18/h1-13H/q+1. The fourth-order valence-corrected chi connectivity index (χ4v) is 3.31. The predicted molar refractivity (Wildman–Crippen MR) is 86.6 cm³/mol. The average molecular weight is 289 g/mol. The molecule has 0 bridgehead atoms. The molecule has 0 spiro atoms. The summed E-state index contributed by atoms with van der Waals surface area (Å²) in [5.41, 5.74) is 3.38. The summed E-state index contributed by atoms with van der Waals surface area (Å²) in [4.78, 5) is 4.69. The van der Waals surface area contributed by atoms with E-state index in [1.165, 1.54) is 4.70 Å². The van der Waals surface area contributed by atoms with Crippen molar-refractivity contribution in [2.45, 2.75) is 0 Å². The minimum atomic E-state index is 1.07. The Morgan fingerprint density at radius 1 is 0.762 bits per heavy atom. The molecule has 0 saturated carbocycles. The Kier molecular flexibility index (Phi) is 2.98. The molecular formula is C18H13N2S+. The van der Waals surface area contributed by atoms with E-state index in [9.17, 15) is 0 Å². The van der Waals surface area contributed by atoms with Gasteiger partial charge in [0.2, 0.25) is 5.69 Å². The highest BCUT2D eigenvalue weighted by molar-refractivity contribution is 7.21. The SMILES string of the molecule is c1ccc(-[n+]2ccc(-c3nc4ccccc4s3)cc2)cc1. The number of aromatic nitrogens is 2. The molecular weight excluding hydrogens is 276 g/mol. The molecule has 0 atom stereocenters. The summed E-state index contributed by atoms with van der Waals surface area (Å²) in [6.45, 7) is 0. The van der Waals surface area contributed by atoms with Crippen LogP contribution in [0.1, 0.15) is 0 Å². The maximum atomic E-state index is 4.69. The number of benzene rings is 2. The minimum Gasteiger partial charge on any atom is -0.236 e. The van der Waals surface area contributed by atoms with Crippen LogP contribution in [-0.2, 0) is 0 Å². The minimum absolute atomic E-state index is 1.07. The molecule has 2 heterocycles. The molecule has 4 rings (SSSR count). The highest BCUT2D eigenvalue weighted by Crippen LogP contribution is 2.29. The van der Waals surface area contributed by atoms with Gasteiger partial charge in [0.25, 0.3) is 0 Å². The highest BCUT2D eigenvalue weighted by atomic mass is 32.1. The predicted octanol–water partition coefficient (Wildman–Crippen LogP) is 4.24. The van der Waals surface area contributed by atoms with Gasteiger partial charge >= 0.3 is 0 Å². The van der Waals surface area contributed by atoms with Crippen molar-refractivity contribution in [1.82, 2.24) is 4.98 Å². The second-order valence-electron chi connectivity index (χ2n) is 4.82. The van der Waals surface area contributed by atoms with E-state index in [1.54, 1.807) is 11.3 Å². The summed E-state index contributed by atoms with van der Waals surface area (Å²) in [7, 11) is 0. The van der Waals surface area contributed by atoms with Gasteiger partial charge in [0.1, 0.15) is 5.01 Å². The Labute approximate surface area is 127 Å². The van der Waals surface area contributed by atoms with E-state index in [0.29, 0.717) is 0 Å². The molecule has 4 aromatic rings. The molecule has 2 nitrogen and oxygen atoms in total. The van der Waals surface area contributed by atoms with Gasteiger partial charge in [0.05, 0.1) is 10.2 Å². The lowest BCUT2D eigenvalue weighted by Gasteiger charge is -1.97. The molecule has 0 aliphatic heterocycles. The first-order chi connectivity index (χ1) is 10.4. The van der Waals surface area contributed by atoms with E-state index >= 15 is 0 Å². The molecule has 0 N–H and O–H groups in total. The average Bonchev–Trinajstić information content (AvgIpc) is 3.00. The van der Waals surface area contributed by atoms with Crippen molar-refractivity contribution >= 4 is 21.6 Å². The van der Waals surface area contributed by atoms with Crippen LogP contribution in [0.25, 0.3) is 26.5 Å². The van der Waals surface area contributed by atoms with Crippen LogP contribution in [0.4, 0.5) is 0 Å². The lowest BCUT2D eigenvalue weighted by molar-refractivity contribution is -0.595. The molecule has 100 valence electrons. The quantitative estimate of drug-likeness (QED) is 0.504. The van der Waals surface area contributed by atoms with Crippen LogP contribution in [0, 0.1) is 0 Å². The Hall–Kier alpha value is -2.52. The summed E-state index contributed by atoms with van der Waals surface area (Å²) in [6, 6.07) is 22.8. The third-order valence-electron chi connectivity index (χ3n) is 3.42. The van der Waals surface area contributed by atoms with Crippen LogP contribution in [-0.4, -0.2) is 4.98 Å². The summed E-state index contributed by atoms with van der Waals surface area (Å²) < 4.78 is 3.34. The van der Waals surface area contributed by atoms with Gasteiger partial charge in [-0.15, -0.1) is 11.3 Å². The molecule has 2 aromatic heterocycles. The summed E-state index contributed by atoms with van der Waals surface area (Å²) in [5.74, 6) is 0. The lowest BCUT2D eigenvalue weighted by atomic mass is 10.2. The first kappa shape index (κ1) is 12.2. The van der Waals surface area contributed by atoms with E-state index in [-0.39, 0.29) is 0 Å². The zero-order valence-corrected chi connectivity index (χ0v) is 12.1. The van der Waals surface area contributed by atoms with Crippen LogP contribution in [0.5, 0.6) is 0 Å². The number of hydrogen-bond donors (Lipinski definition) is 0. The lowest BCUT2D eigenvalue weighted by Crippen LogP contribution is -2.28. The molecule has 21 heavy (non-hydrogen) atoms. The molecule has 0 saturated heterocycles. The Bertz CT molecular complexity index is 847. The number of nitrogens with zero attached hydrogens (tertiary/aromatic N) is 2. The van der Waals surface area contributed by atoms with Crippen molar-refractivity contribution in [3.8, 4) is 16.3 Å². The summed E-state index contributed by atoms with van der Waals surface area (Å²) in [5, 5.41) is 1.07. The second-order valence-corrected chi connectivity index (χ2v) is 5.85. The monoisotopic (exact) mass is 289 g/mol. The fourth-order valence-electron chi connectivity index (χ4n) is 2.34. The van der Waals surface area contributed by atoms with Gasteiger partial charge in [-0.3, -0.25) is 0 Å². The van der Waals surface area contributed by atoms with Gasteiger partial charge in [-0.2, -0.15) is 4.57 Å². The molecule has 0 aliphatic carbocycles. The van der Waals surface area contributed by atoms with Crippen molar-refractivity contribution in [1.29, 1.82) is 0 Å². The van der Waals surface area contributed by atoms with Crippen molar-refractivity contribution in [3.05, 3.63) is 79.1 Å². The molecule has 0 radical (unpaired) electrons. The molecule has 3 heteroatoms. The zero-order chi connectivity index (χ0) is 14.1.